The van der Waals surface area contributed by atoms with Crippen molar-refractivity contribution in [2.24, 2.45) is 0 Å². The summed E-state index contributed by atoms with van der Waals surface area (Å²) in [5, 5.41) is 11.7. The maximum atomic E-state index is 12.1. The van der Waals surface area contributed by atoms with Crippen LogP contribution in [-0.4, -0.2) is 40.1 Å². The summed E-state index contributed by atoms with van der Waals surface area (Å²) in [7, 11) is 0. The van der Waals surface area contributed by atoms with Crippen LogP contribution in [0.1, 0.15) is 42.9 Å². The largest absolute Gasteiger partial charge is 0.477 e. The lowest BCUT2D eigenvalue weighted by molar-refractivity contribution is 0.0692. The van der Waals surface area contributed by atoms with E-state index in [1.54, 1.807) is 17.9 Å². The van der Waals surface area contributed by atoms with Crippen LogP contribution >= 0.6 is 0 Å². The third kappa shape index (κ3) is 4.01. The van der Waals surface area contributed by atoms with Gasteiger partial charge in [0.05, 0.1) is 5.69 Å². The van der Waals surface area contributed by atoms with Gasteiger partial charge in [0, 0.05) is 18.8 Å². The maximum Gasteiger partial charge on any atom is 0.354 e. The van der Waals surface area contributed by atoms with Gasteiger partial charge in [-0.25, -0.2) is 9.59 Å². The van der Waals surface area contributed by atoms with E-state index in [1.165, 1.54) is 0 Å². The summed E-state index contributed by atoms with van der Waals surface area (Å²) in [5.41, 5.74) is 1.02. The standard InChI is InChI=1S/C13H21N3O3/c1-4-6-16(7-5-2)13(19)15-10-8-9(3)14-11(10)12(17)18/h8,14H,4-7H2,1-3H3,(H,15,19)(H,17,18). The molecule has 0 fully saturated rings. The predicted octanol–water partition coefficient (Wildman–Crippen LogP) is 2.68. The quantitative estimate of drug-likeness (QED) is 0.740. The molecule has 0 unspecified atom stereocenters. The number of carboxylic acids is 1. The fraction of sp³-hybridized carbons (Fsp3) is 0.538. The van der Waals surface area contributed by atoms with E-state index in [4.69, 9.17) is 5.11 Å². The fourth-order valence-corrected chi connectivity index (χ4v) is 1.91. The minimum atomic E-state index is -1.08. The molecule has 106 valence electrons. The Kier molecular flexibility index (Phi) is 5.41. The zero-order valence-electron chi connectivity index (χ0n) is 11.6. The van der Waals surface area contributed by atoms with Gasteiger partial charge >= 0.3 is 12.0 Å². The number of nitrogens with zero attached hydrogens (tertiary/aromatic N) is 1. The molecule has 0 radical (unpaired) electrons. The Morgan fingerprint density at radius 1 is 1.32 bits per heavy atom. The normalized spacial score (nSPS) is 10.3. The van der Waals surface area contributed by atoms with Crippen LogP contribution in [0, 0.1) is 6.92 Å². The molecule has 6 nitrogen and oxygen atoms in total. The van der Waals surface area contributed by atoms with Gasteiger partial charge in [0.25, 0.3) is 0 Å². The number of carbonyl (C=O) groups excluding carboxylic acids is 1. The average molecular weight is 267 g/mol. The Hall–Kier alpha value is -1.98. The van der Waals surface area contributed by atoms with Gasteiger partial charge in [-0.15, -0.1) is 0 Å². The number of rotatable bonds is 6. The van der Waals surface area contributed by atoms with E-state index in [0.717, 1.165) is 12.8 Å². The van der Waals surface area contributed by atoms with Crippen LogP contribution in [-0.2, 0) is 0 Å². The first-order chi connectivity index (χ1) is 8.99. The predicted molar refractivity (Wildman–Crippen MR) is 73.7 cm³/mol. The Balaban J connectivity index is 2.82. The van der Waals surface area contributed by atoms with Gasteiger partial charge in [0.15, 0.2) is 0 Å². The first-order valence-electron chi connectivity index (χ1n) is 6.48. The van der Waals surface area contributed by atoms with E-state index >= 15 is 0 Å². The molecule has 0 atom stereocenters. The van der Waals surface area contributed by atoms with Crippen LogP contribution in [0.4, 0.5) is 10.5 Å². The van der Waals surface area contributed by atoms with Crippen molar-refractivity contribution in [3.63, 3.8) is 0 Å². The van der Waals surface area contributed by atoms with Crippen LogP contribution in [0.2, 0.25) is 0 Å². The van der Waals surface area contributed by atoms with Crippen molar-refractivity contribution in [1.29, 1.82) is 0 Å². The third-order valence-electron chi connectivity index (χ3n) is 2.68. The van der Waals surface area contributed by atoms with Crippen LogP contribution in [0.25, 0.3) is 0 Å². The monoisotopic (exact) mass is 267 g/mol. The highest BCUT2D eigenvalue weighted by Crippen LogP contribution is 2.17. The number of aromatic nitrogens is 1. The van der Waals surface area contributed by atoms with Gasteiger partial charge in [0.1, 0.15) is 5.69 Å². The second kappa shape index (κ2) is 6.82. The zero-order valence-corrected chi connectivity index (χ0v) is 11.6. The van der Waals surface area contributed by atoms with Gasteiger partial charge < -0.3 is 20.3 Å². The first-order valence-corrected chi connectivity index (χ1v) is 6.48. The molecule has 0 saturated heterocycles. The molecule has 0 aliphatic rings. The molecule has 3 N–H and O–H groups in total. The number of nitrogens with one attached hydrogen (secondary N) is 2. The number of aromatic amines is 1. The fourth-order valence-electron chi connectivity index (χ4n) is 1.91. The summed E-state index contributed by atoms with van der Waals surface area (Å²) in [4.78, 5) is 27.5. The Labute approximate surface area is 112 Å². The lowest BCUT2D eigenvalue weighted by atomic mass is 10.3. The molecule has 0 saturated carbocycles. The average Bonchev–Trinajstić information content (AvgIpc) is 2.70. The van der Waals surface area contributed by atoms with Gasteiger partial charge in [-0.1, -0.05) is 13.8 Å². The highest BCUT2D eigenvalue weighted by molar-refractivity contribution is 5.99. The number of aromatic carboxylic acids is 1. The Morgan fingerprint density at radius 2 is 1.89 bits per heavy atom. The summed E-state index contributed by atoms with van der Waals surface area (Å²) in [6, 6.07) is 1.36. The van der Waals surface area contributed by atoms with Crippen molar-refractivity contribution in [2.75, 3.05) is 18.4 Å². The van der Waals surface area contributed by atoms with Gasteiger partial charge in [-0.05, 0) is 25.8 Å². The molecular weight excluding hydrogens is 246 g/mol. The summed E-state index contributed by atoms with van der Waals surface area (Å²) in [5.74, 6) is -1.08. The van der Waals surface area contributed by atoms with Crippen LogP contribution < -0.4 is 5.32 Å². The number of carbonyl (C=O) groups is 2. The van der Waals surface area contributed by atoms with E-state index < -0.39 is 5.97 Å². The molecule has 6 heteroatoms. The van der Waals surface area contributed by atoms with E-state index in [2.05, 4.69) is 10.3 Å². The van der Waals surface area contributed by atoms with E-state index in [0.29, 0.717) is 24.5 Å². The number of carboxylic acid groups (broad SMARTS) is 1. The Bertz CT molecular complexity index is 448. The molecule has 1 aromatic rings. The summed E-state index contributed by atoms with van der Waals surface area (Å²) in [6.07, 6.45) is 1.73. The number of amides is 2. The second-order valence-electron chi connectivity index (χ2n) is 4.46. The summed E-state index contributed by atoms with van der Waals surface area (Å²) >= 11 is 0. The zero-order chi connectivity index (χ0) is 14.4. The molecule has 1 rings (SSSR count). The number of hydrogen-bond donors (Lipinski definition) is 3. The van der Waals surface area contributed by atoms with Gasteiger partial charge in [-0.3, -0.25) is 0 Å². The van der Waals surface area contributed by atoms with Crippen molar-refractivity contribution < 1.29 is 14.7 Å². The van der Waals surface area contributed by atoms with Crippen molar-refractivity contribution in [3.8, 4) is 0 Å². The molecule has 0 aliphatic carbocycles. The lowest BCUT2D eigenvalue weighted by Crippen LogP contribution is -2.36. The molecule has 0 aromatic carbocycles. The smallest absolute Gasteiger partial charge is 0.354 e. The van der Waals surface area contributed by atoms with Crippen LogP contribution in [0.3, 0.4) is 0 Å². The lowest BCUT2D eigenvalue weighted by Gasteiger charge is -2.21. The molecule has 0 spiro atoms. The third-order valence-corrected chi connectivity index (χ3v) is 2.68. The highest BCUT2D eigenvalue weighted by atomic mass is 16.4. The summed E-state index contributed by atoms with van der Waals surface area (Å²) < 4.78 is 0. The minimum Gasteiger partial charge on any atom is -0.477 e. The maximum absolute atomic E-state index is 12.1. The van der Waals surface area contributed by atoms with Crippen LogP contribution in [0.15, 0.2) is 6.07 Å². The highest BCUT2D eigenvalue weighted by Gasteiger charge is 2.18. The molecular formula is C13H21N3O3. The minimum absolute atomic E-state index is 0.0128. The first kappa shape index (κ1) is 15.1. The number of H-pyrrole nitrogens is 1. The number of urea groups is 1. The number of aryl methyl sites for hydroxylation is 1. The van der Waals surface area contributed by atoms with E-state index in [9.17, 15) is 9.59 Å². The Morgan fingerprint density at radius 3 is 2.37 bits per heavy atom. The molecule has 0 bridgehead atoms. The van der Waals surface area contributed by atoms with Crippen LogP contribution in [0.5, 0.6) is 0 Å². The van der Waals surface area contributed by atoms with E-state index in [1.807, 2.05) is 13.8 Å². The van der Waals surface area contributed by atoms with Crippen molar-refractivity contribution >= 4 is 17.7 Å². The molecule has 19 heavy (non-hydrogen) atoms. The SMILES string of the molecule is CCCN(CCC)C(=O)Nc1cc(C)[nH]c1C(=O)O. The van der Waals surface area contributed by atoms with Crippen molar-refractivity contribution in [3.05, 3.63) is 17.5 Å². The van der Waals surface area contributed by atoms with E-state index in [-0.39, 0.29) is 11.7 Å². The summed E-state index contributed by atoms with van der Waals surface area (Å²) in [6.45, 7) is 7.06. The number of anilines is 1. The van der Waals surface area contributed by atoms with Gasteiger partial charge in [0.2, 0.25) is 0 Å². The van der Waals surface area contributed by atoms with Gasteiger partial charge in [-0.2, -0.15) is 0 Å². The second-order valence-corrected chi connectivity index (χ2v) is 4.46. The molecule has 1 aromatic heterocycles. The van der Waals surface area contributed by atoms with Crippen molar-refractivity contribution in [2.45, 2.75) is 33.6 Å². The number of hydrogen-bond acceptors (Lipinski definition) is 2. The molecule has 2 amide bonds. The van der Waals surface area contributed by atoms with Crippen molar-refractivity contribution in [1.82, 2.24) is 9.88 Å². The molecule has 0 aliphatic heterocycles. The molecule has 1 heterocycles. The topological polar surface area (TPSA) is 85.4 Å².